The zero-order valence-corrected chi connectivity index (χ0v) is 25.2. The standard InChI is InChI=1S/C29H32Cl2F3N5O4/c1-3-39-23(24(26(40)43-4-2)25(36-28(39)42)21-11-8-19(30)16-22(21)31)17-37-12-5-13-38(15-14-37)27(41)35-20-9-6-18(7-10-20)29(32,33)34/h6-11,16,25H,3-5,12-15,17H2,1-2H3,(H,35,41)(H,36,42)/t25-/m1/s1. The normalized spacial score (nSPS) is 18.3. The number of anilines is 1. The van der Waals surface area contributed by atoms with Crippen molar-refractivity contribution in [3.63, 3.8) is 0 Å². The van der Waals surface area contributed by atoms with Crippen LogP contribution in [0.1, 0.15) is 37.4 Å². The monoisotopic (exact) mass is 641 g/mol. The molecule has 2 aromatic rings. The number of nitrogens with zero attached hydrogens (tertiary/aromatic N) is 3. The van der Waals surface area contributed by atoms with Crippen LogP contribution in [0.15, 0.2) is 53.7 Å². The van der Waals surface area contributed by atoms with Crippen molar-refractivity contribution in [2.45, 2.75) is 32.5 Å². The number of carbonyl (C=O) groups excluding carboxylic acids is 3. The summed E-state index contributed by atoms with van der Waals surface area (Å²) in [6.45, 7) is 5.86. The van der Waals surface area contributed by atoms with Crippen molar-refractivity contribution in [1.29, 1.82) is 0 Å². The van der Waals surface area contributed by atoms with Gasteiger partial charge in [0.15, 0.2) is 0 Å². The third-order valence-electron chi connectivity index (χ3n) is 7.24. The summed E-state index contributed by atoms with van der Waals surface area (Å²) < 4.78 is 44.0. The first kappa shape index (κ1) is 32.4. The number of benzene rings is 2. The van der Waals surface area contributed by atoms with E-state index in [2.05, 4.69) is 10.6 Å². The molecule has 2 aliphatic heterocycles. The summed E-state index contributed by atoms with van der Waals surface area (Å²) in [5.74, 6) is -0.584. The Kier molecular flexibility index (Phi) is 10.5. The molecule has 1 fully saturated rings. The average Bonchev–Trinajstić information content (AvgIpc) is 3.18. The molecule has 4 rings (SSSR count). The Morgan fingerprint density at radius 2 is 1.77 bits per heavy atom. The molecule has 0 aromatic heterocycles. The predicted octanol–water partition coefficient (Wildman–Crippen LogP) is 6.16. The summed E-state index contributed by atoms with van der Waals surface area (Å²) in [5, 5.41) is 6.22. The van der Waals surface area contributed by atoms with Gasteiger partial charge >= 0.3 is 24.2 Å². The van der Waals surface area contributed by atoms with Gasteiger partial charge in [-0.15, -0.1) is 0 Å². The zero-order chi connectivity index (χ0) is 31.3. The lowest BCUT2D eigenvalue weighted by Gasteiger charge is -2.38. The van der Waals surface area contributed by atoms with Crippen LogP contribution in [0.2, 0.25) is 10.0 Å². The van der Waals surface area contributed by atoms with Gasteiger partial charge in [-0.25, -0.2) is 14.4 Å². The van der Waals surface area contributed by atoms with Gasteiger partial charge in [0.1, 0.15) is 0 Å². The Labute approximate surface area is 257 Å². The van der Waals surface area contributed by atoms with E-state index in [0.29, 0.717) is 55.4 Å². The molecule has 2 aliphatic rings. The molecule has 232 valence electrons. The van der Waals surface area contributed by atoms with Crippen LogP contribution in [0.25, 0.3) is 0 Å². The van der Waals surface area contributed by atoms with Crippen LogP contribution in [0.5, 0.6) is 0 Å². The molecule has 0 radical (unpaired) electrons. The van der Waals surface area contributed by atoms with Crippen molar-refractivity contribution < 1.29 is 32.3 Å². The van der Waals surface area contributed by atoms with Crippen molar-refractivity contribution in [3.05, 3.63) is 74.9 Å². The Morgan fingerprint density at radius 1 is 1.05 bits per heavy atom. The topological polar surface area (TPSA) is 94.2 Å². The van der Waals surface area contributed by atoms with Crippen LogP contribution in [-0.4, -0.2) is 78.6 Å². The maximum Gasteiger partial charge on any atom is 0.416 e. The van der Waals surface area contributed by atoms with Crippen molar-refractivity contribution in [3.8, 4) is 0 Å². The molecular weight excluding hydrogens is 610 g/mol. The van der Waals surface area contributed by atoms with E-state index < -0.39 is 35.8 Å². The van der Waals surface area contributed by atoms with E-state index >= 15 is 0 Å². The molecule has 2 N–H and O–H groups in total. The molecule has 43 heavy (non-hydrogen) atoms. The lowest BCUT2D eigenvalue weighted by molar-refractivity contribution is -0.139. The number of nitrogens with one attached hydrogen (secondary N) is 2. The third-order valence-corrected chi connectivity index (χ3v) is 7.80. The summed E-state index contributed by atoms with van der Waals surface area (Å²) in [4.78, 5) is 44.7. The first-order valence-corrected chi connectivity index (χ1v) is 14.6. The van der Waals surface area contributed by atoms with Crippen LogP contribution in [0.3, 0.4) is 0 Å². The number of amides is 4. The number of likely N-dealkylation sites (N-methyl/N-ethyl adjacent to an activating group) is 1. The number of alkyl halides is 3. The molecule has 0 unspecified atom stereocenters. The fraction of sp³-hybridized carbons (Fsp3) is 0.414. The van der Waals surface area contributed by atoms with E-state index in [9.17, 15) is 27.6 Å². The maximum atomic E-state index is 13.4. The number of halogens is 5. The fourth-order valence-electron chi connectivity index (χ4n) is 5.12. The van der Waals surface area contributed by atoms with Gasteiger partial charge in [-0.05, 0) is 62.2 Å². The first-order chi connectivity index (χ1) is 20.4. The summed E-state index contributed by atoms with van der Waals surface area (Å²) in [5.41, 5.74) is 0.683. The Hall–Kier alpha value is -3.48. The number of esters is 1. The zero-order valence-electron chi connectivity index (χ0n) is 23.6. The van der Waals surface area contributed by atoms with Gasteiger partial charge in [0.05, 0.1) is 23.8 Å². The highest BCUT2D eigenvalue weighted by Crippen LogP contribution is 2.36. The molecule has 0 aliphatic carbocycles. The van der Waals surface area contributed by atoms with Crippen molar-refractivity contribution >= 4 is 46.9 Å². The quantitative estimate of drug-likeness (QED) is 0.354. The summed E-state index contributed by atoms with van der Waals surface area (Å²) in [6.07, 6.45) is -3.87. The van der Waals surface area contributed by atoms with Crippen molar-refractivity contribution in [1.82, 2.24) is 20.0 Å². The van der Waals surface area contributed by atoms with Crippen molar-refractivity contribution in [2.75, 3.05) is 51.2 Å². The van der Waals surface area contributed by atoms with Crippen LogP contribution in [0, 0.1) is 0 Å². The predicted molar refractivity (Wildman–Crippen MR) is 157 cm³/mol. The van der Waals surface area contributed by atoms with Gasteiger partial charge in [0.2, 0.25) is 0 Å². The first-order valence-electron chi connectivity index (χ1n) is 13.8. The average molecular weight is 643 g/mol. The van der Waals surface area contributed by atoms with Crippen molar-refractivity contribution in [2.24, 2.45) is 0 Å². The number of urea groups is 2. The number of hydrogen-bond acceptors (Lipinski definition) is 5. The minimum Gasteiger partial charge on any atom is -0.463 e. The van der Waals surface area contributed by atoms with Gasteiger partial charge < -0.3 is 20.3 Å². The molecule has 0 saturated carbocycles. The van der Waals surface area contributed by atoms with E-state index in [4.69, 9.17) is 27.9 Å². The number of hydrogen-bond donors (Lipinski definition) is 2. The number of ether oxygens (including phenoxy) is 1. The summed E-state index contributed by atoms with van der Waals surface area (Å²) >= 11 is 12.6. The second-order valence-electron chi connectivity index (χ2n) is 10.00. The van der Waals surface area contributed by atoms with Gasteiger partial charge in [-0.2, -0.15) is 13.2 Å². The Balaban J connectivity index is 1.55. The van der Waals surface area contributed by atoms with E-state index in [1.54, 1.807) is 36.9 Å². The van der Waals surface area contributed by atoms with Gasteiger partial charge in [-0.3, -0.25) is 9.80 Å². The third kappa shape index (κ3) is 7.73. The molecule has 0 spiro atoms. The van der Waals surface area contributed by atoms with Crippen LogP contribution in [0.4, 0.5) is 28.4 Å². The lowest BCUT2D eigenvalue weighted by Crippen LogP contribution is -2.51. The molecule has 1 saturated heterocycles. The SMILES string of the molecule is CCOC(=O)C1=C(CN2CCCN(C(=O)Nc3ccc(C(F)(F)F)cc3)CC2)N(CC)C(=O)N[C@@H]1c1ccc(Cl)cc1Cl. The minimum absolute atomic E-state index is 0.128. The van der Waals surface area contributed by atoms with E-state index in [1.165, 1.54) is 17.0 Å². The highest BCUT2D eigenvalue weighted by Gasteiger charge is 2.39. The molecule has 2 heterocycles. The van der Waals surface area contributed by atoms with Crippen LogP contribution in [-0.2, 0) is 15.7 Å². The minimum atomic E-state index is -4.47. The molecule has 0 bridgehead atoms. The molecule has 2 aromatic carbocycles. The second kappa shape index (κ2) is 13.9. The second-order valence-corrected chi connectivity index (χ2v) is 10.8. The highest BCUT2D eigenvalue weighted by atomic mass is 35.5. The summed E-state index contributed by atoms with van der Waals surface area (Å²) in [6, 6.07) is 7.39. The Morgan fingerprint density at radius 3 is 2.40 bits per heavy atom. The van der Waals surface area contributed by atoms with Gasteiger partial charge in [-0.1, -0.05) is 29.3 Å². The van der Waals surface area contributed by atoms with E-state index in [1.807, 2.05) is 4.90 Å². The highest BCUT2D eigenvalue weighted by molar-refractivity contribution is 6.35. The van der Waals surface area contributed by atoms with E-state index in [0.717, 1.165) is 12.1 Å². The molecule has 1 atom stereocenters. The van der Waals surface area contributed by atoms with E-state index in [-0.39, 0.29) is 29.4 Å². The van der Waals surface area contributed by atoms with Crippen LogP contribution < -0.4 is 10.6 Å². The fourth-order valence-corrected chi connectivity index (χ4v) is 5.63. The molecule has 14 heteroatoms. The maximum absolute atomic E-state index is 13.4. The van der Waals surface area contributed by atoms with Gasteiger partial charge in [0, 0.05) is 60.7 Å². The summed E-state index contributed by atoms with van der Waals surface area (Å²) in [7, 11) is 0. The lowest BCUT2D eigenvalue weighted by atomic mass is 9.94. The largest absolute Gasteiger partial charge is 0.463 e. The molecular formula is C29H32Cl2F3N5O4. The molecule has 9 nitrogen and oxygen atoms in total. The Bertz CT molecular complexity index is 1390. The van der Waals surface area contributed by atoms with Crippen LogP contribution >= 0.6 is 23.2 Å². The molecule has 4 amide bonds. The number of carbonyl (C=O) groups is 3. The number of rotatable bonds is 7. The smallest absolute Gasteiger partial charge is 0.416 e. The van der Waals surface area contributed by atoms with Gasteiger partial charge in [0.25, 0.3) is 0 Å².